The van der Waals surface area contributed by atoms with E-state index in [9.17, 15) is 5.11 Å². The molecular weight excluding hydrogens is 328 g/mol. The average molecular weight is 360 g/mol. The fourth-order valence-electron chi connectivity index (χ4n) is 9.04. The Morgan fingerprint density at radius 3 is 2.19 bits per heavy atom. The lowest BCUT2D eigenvalue weighted by Crippen LogP contribution is -2.36. The standard InChI is InChI=1S/C22H32O4/c23-16-2-1-12-10-5-14(20(12)16)17(7-10)24-3-4-25-18-8-11-6-15(18)21-13(11)9-19-22(21)26-19/h10-23H,1-9H2. The third-order valence-corrected chi connectivity index (χ3v) is 9.86. The van der Waals surface area contributed by atoms with E-state index in [1.54, 1.807) is 0 Å². The van der Waals surface area contributed by atoms with Crippen LogP contribution in [0.15, 0.2) is 0 Å². The van der Waals surface area contributed by atoms with Crippen molar-refractivity contribution in [3.8, 4) is 0 Å². The molecule has 1 aliphatic heterocycles. The Kier molecular flexibility index (Phi) is 3.30. The van der Waals surface area contributed by atoms with Crippen LogP contribution in [0.3, 0.4) is 0 Å². The van der Waals surface area contributed by atoms with Gasteiger partial charge in [0.05, 0.1) is 43.7 Å². The van der Waals surface area contributed by atoms with Gasteiger partial charge in [0.2, 0.25) is 0 Å². The number of epoxide rings is 1. The SMILES string of the molecule is OC1CCC2C3CC(OCCOC4CC5CC4C4C5CC5OC54)C(C3)C12. The highest BCUT2D eigenvalue weighted by atomic mass is 16.6. The second-order valence-electron chi connectivity index (χ2n) is 10.6. The smallest absolute Gasteiger partial charge is 0.0876 e. The highest BCUT2D eigenvalue weighted by Crippen LogP contribution is 2.64. The number of fused-ring (bicyclic) bond motifs is 12. The summed E-state index contributed by atoms with van der Waals surface area (Å²) in [7, 11) is 0. The Morgan fingerprint density at radius 2 is 1.42 bits per heavy atom. The maximum atomic E-state index is 10.3. The molecule has 0 aromatic carbocycles. The first kappa shape index (κ1) is 15.7. The van der Waals surface area contributed by atoms with E-state index in [4.69, 9.17) is 14.2 Å². The van der Waals surface area contributed by atoms with Gasteiger partial charge in [0.15, 0.2) is 0 Å². The van der Waals surface area contributed by atoms with Gasteiger partial charge in [-0.05, 0) is 92.3 Å². The van der Waals surface area contributed by atoms with Gasteiger partial charge in [-0.25, -0.2) is 0 Å². The Bertz CT molecular complexity index is 561. The van der Waals surface area contributed by atoms with E-state index in [0.717, 1.165) is 55.1 Å². The Labute approximate surface area is 155 Å². The van der Waals surface area contributed by atoms with Crippen LogP contribution in [-0.2, 0) is 14.2 Å². The summed E-state index contributed by atoms with van der Waals surface area (Å²) in [5.74, 6) is 6.23. The van der Waals surface area contributed by atoms with Crippen LogP contribution in [0.25, 0.3) is 0 Å². The minimum absolute atomic E-state index is 0.0560. The van der Waals surface area contributed by atoms with Crippen molar-refractivity contribution in [3.63, 3.8) is 0 Å². The molecule has 13 atom stereocenters. The highest BCUT2D eigenvalue weighted by Gasteiger charge is 2.66. The molecule has 7 fully saturated rings. The van der Waals surface area contributed by atoms with Crippen LogP contribution in [0.4, 0.5) is 0 Å². The Balaban J connectivity index is 0.915. The number of hydrogen-bond acceptors (Lipinski definition) is 4. The Morgan fingerprint density at radius 1 is 0.731 bits per heavy atom. The summed E-state index contributed by atoms with van der Waals surface area (Å²) in [6, 6.07) is 0. The van der Waals surface area contributed by atoms with Gasteiger partial charge in [-0.3, -0.25) is 0 Å². The van der Waals surface area contributed by atoms with Crippen molar-refractivity contribution in [3.05, 3.63) is 0 Å². The maximum absolute atomic E-state index is 10.3. The third kappa shape index (κ3) is 2.05. The molecule has 144 valence electrons. The maximum Gasteiger partial charge on any atom is 0.0876 e. The van der Waals surface area contributed by atoms with Gasteiger partial charge in [-0.2, -0.15) is 0 Å². The third-order valence-electron chi connectivity index (χ3n) is 9.86. The van der Waals surface area contributed by atoms with Crippen LogP contribution in [0.1, 0.15) is 44.9 Å². The number of rotatable bonds is 5. The number of ether oxygens (including phenoxy) is 3. The molecule has 26 heavy (non-hydrogen) atoms. The molecule has 4 nitrogen and oxygen atoms in total. The lowest BCUT2D eigenvalue weighted by atomic mass is 9.79. The van der Waals surface area contributed by atoms with Gasteiger partial charge >= 0.3 is 0 Å². The molecule has 13 unspecified atom stereocenters. The summed E-state index contributed by atoms with van der Waals surface area (Å²) in [6.45, 7) is 1.50. The topological polar surface area (TPSA) is 51.2 Å². The monoisotopic (exact) mass is 360 g/mol. The van der Waals surface area contributed by atoms with Crippen molar-refractivity contribution in [1.82, 2.24) is 0 Å². The zero-order chi connectivity index (χ0) is 17.0. The second-order valence-corrected chi connectivity index (χ2v) is 10.6. The van der Waals surface area contributed by atoms with E-state index in [-0.39, 0.29) is 6.10 Å². The quantitative estimate of drug-likeness (QED) is 0.605. The van der Waals surface area contributed by atoms with Crippen molar-refractivity contribution < 1.29 is 19.3 Å². The summed E-state index contributed by atoms with van der Waals surface area (Å²) in [5.41, 5.74) is 0. The molecule has 0 spiro atoms. The fraction of sp³-hybridized carbons (Fsp3) is 1.00. The van der Waals surface area contributed by atoms with Gasteiger partial charge in [-0.1, -0.05) is 0 Å². The molecule has 0 radical (unpaired) electrons. The summed E-state index contributed by atoms with van der Waals surface area (Å²) in [4.78, 5) is 0. The largest absolute Gasteiger partial charge is 0.393 e. The number of aliphatic hydroxyl groups excluding tert-OH is 1. The van der Waals surface area contributed by atoms with Gasteiger partial charge in [0.1, 0.15) is 0 Å². The lowest BCUT2D eigenvalue weighted by molar-refractivity contribution is -0.0783. The summed E-state index contributed by atoms with van der Waals surface area (Å²) >= 11 is 0. The molecule has 6 saturated carbocycles. The average Bonchev–Trinajstić information content (AvgIpc) is 3.22. The molecule has 7 rings (SSSR count). The molecule has 1 saturated heterocycles. The van der Waals surface area contributed by atoms with Gasteiger partial charge < -0.3 is 19.3 Å². The second kappa shape index (κ2) is 5.46. The van der Waals surface area contributed by atoms with E-state index in [1.807, 2.05) is 0 Å². The molecular formula is C22H32O4. The zero-order valence-corrected chi connectivity index (χ0v) is 15.5. The minimum Gasteiger partial charge on any atom is -0.393 e. The Hall–Kier alpha value is -0.160. The zero-order valence-electron chi connectivity index (χ0n) is 15.5. The van der Waals surface area contributed by atoms with Crippen LogP contribution in [0.5, 0.6) is 0 Å². The highest BCUT2D eigenvalue weighted by molar-refractivity contribution is 5.14. The molecule has 0 aromatic rings. The van der Waals surface area contributed by atoms with E-state index in [0.29, 0.717) is 36.3 Å². The predicted octanol–water partition coefficient (Wildman–Crippen LogP) is 2.63. The van der Waals surface area contributed by atoms with Crippen LogP contribution in [-0.4, -0.2) is 48.8 Å². The molecule has 1 N–H and O–H groups in total. The summed E-state index contributed by atoms with van der Waals surface area (Å²) in [5, 5.41) is 10.3. The minimum atomic E-state index is -0.0560. The van der Waals surface area contributed by atoms with Crippen molar-refractivity contribution in [2.24, 2.45) is 47.3 Å². The lowest BCUT2D eigenvalue weighted by Gasteiger charge is -2.34. The van der Waals surface area contributed by atoms with Crippen LogP contribution < -0.4 is 0 Å². The predicted molar refractivity (Wildman–Crippen MR) is 94.4 cm³/mol. The van der Waals surface area contributed by atoms with E-state index in [1.165, 1.54) is 38.5 Å². The van der Waals surface area contributed by atoms with Gasteiger partial charge in [-0.15, -0.1) is 0 Å². The molecule has 4 heteroatoms. The van der Waals surface area contributed by atoms with Crippen LogP contribution in [0.2, 0.25) is 0 Å². The van der Waals surface area contributed by atoms with Crippen molar-refractivity contribution in [2.75, 3.05) is 13.2 Å². The molecule has 0 aromatic heterocycles. The van der Waals surface area contributed by atoms with Crippen LogP contribution >= 0.6 is 0 Å². The normalized spacial score (nSPS) is 63.3. The van der Waals surface area contributed by atoms with Crippen molar-refractivity contribution in [2.45, 2.75) is 75.5 Å². The van der Waals surface area contributed by atoms with E-state index < -0.39 is 0 Å². The van der Waals surface area contributed by atoms with Crippen molar-refractivity contribution in [1.29, 1.82) is 0 Å². The molecule has 6 aliphatic carbocycles. The number of aliphatic hydroxyl groups is 1. The summed E-state index contributed by atoms with van der Waals surface area (Å²) in [6.07, 6.45) is 10.8. The first-order valence-corrected chi connectivity index (χ1v) is 11.3. The first-order chi connectivity index (χ1) is 12.8. The first-order valence-electron chi connectivity index (χ1n) is 11.3. The number of hydrogen-bond donors (Lipinski definition) is 1. The van der Waals surface area contributed by atoms with Crippen LogP contribution in [0, 0.1) is 47.3 Å². The van der Waals surface area contributed by atoms with Gasteiger partial charge in [0.25, 0.3) is 0 Å². The summed E-state index contributed by atoms with van der Waals surface area (Å²) < 4.78 is 18.4. The molecule has 1 heterocycles. The van der Waals surface area contributed by atoms with E-state index >= 15 is 0 Å². The molecule has 0 amide bonds. The van der Waals surface area contributed by atoms with Gasteiger partial charge in [0, 0.05) is 0 Å². The molecule has 4 bridgehead atoms. The van der Waals surface area contributed by atoms with E-state index in [2.05, 4.69) is 0 Å². The van der Waals surface area contributed by atoms with Crippen molar-refractivity contribution >= 4 is 0 Å². The molecule has 7 aliphatic rings. The fourth-order valence-corrected chi connectivity index (χ4v) is 9.04.